The molecule has 1 N–H and O–H groups in total. The minimum Gasteiger partial charge on any atom is -0.374 e. The average molecular weight is 315 g/mol. The van der Waals surface area contributed by atoms with Crippen LogP contribution in [0.3, 0.4) is 0 Å². The Morgan fingerprint density at radius 3 is 2.78 bits per heavy atom. The van der Waals surface area contributed by atoms with E-state index in [-0.39, 0.29) is 18.3 Å². The number of rotatable bonds is 3. The first kappa shape index (κ1) is 13.3. The summed E-state index contributed by atoms with van der Waals surface area (Å²) in [7, 11) is 0. The van der Waals surface area contributed by atoms with E-state index < -0.39 is 0 Å². The molecule has 5 heteroatoms. The summed E-state index contributed by atoms with van der Waals surface area (Å²) in [6.45, 7) is 1.79. The maximum atomic E-state index is 13.5. The first-order valence-electron chi connectivity index (χ1n) is 6.13. The summed E-state index contributed by atoms with van der Waals surface area (Å²) in [5.74, 6) is -0.307. The molecule has 0 bridgehead atoms. The molecule has 2 rings (SSSR count). The van der Waals surface area contributed by atoms with Crippen LogP contribution in [0.1, 0.15) is 19.3 Å². The molecule has 0 radical (unpaired) electrons. The van der Waals surface area contributed by atoms with Crippen LogP contribution in [0.2, 0.25) is 0 Å². The molecule has 1 heterocycles. The molecule has 1 aliphatic heterocycles. The molecule has 1 aromatic carbocycles. The largest absolute Gasteiger partial charge is 0.374 e. The molecular weight excluding hydrogens is 299 g/mol. The minimum atomic E-state index is -0.343. The van der Waals surface area contributed by atoms with Gasteiger partial charge in [-0.2, -0.15) is 0 Å². The van der Waals surface area contributed by atoms with Crippen LogP contribution in [0.4, 0.5) is 10.1 Å². The van der Waals surface area contributed by atoms with E-state index in [9.17, 15) is 9.18 Å². The molecule has 0 saturated carbocycles. The van der Waals surface area contributed by atoms with Gasteiger partial charge in [-0.15, -0.1) is 0 Å². The zero-order chi connectivity index (χ0) is 13.0. The van der Waals surface area contributed by atoms with Crippen LogP contribution in [0, 0.1) is 5.82 Å². The molecule has 3 nitrogen and oxygen atoms in total. The van der Waals surface area contributed by atoms with E-state index in [1.807, 2.05) is 4.90 Å². The van der Waals surface area contributed by atoms with Crippen LogP contribution in [0.25, 0.3) is 0 Å². The Morgan fingerprint density at radius 2 is 2.06 bits per heavy atom. The number of hydrogen-bond donors (Lipinski definition) is 1. The fourth-order valence-electron chi connectivity index (χ4n) is 2.06. The van der Waals surface area contributed by atoms with Crippen LogP contribution in [-0.4, -0.2) is 30.4 Å². The molecule has 1 amide bonds. The van der Waals surface area contributed by atoms with Crippen LogP contribution in [-0.2, 0) is 4.79 Å². The van der Waals surface area contributed by atoms with Crippen molar-refractivity contribution >= 4 is 27.5 Å². The van der Waals surface area contributed by atoms with Crippen LogP contribution in [0.5, 0.6) is 0 Å². The third-order valence-electron chi connectivity index (χ3n) is 3.07. The molecule has 1 aliphatic rings. The monoisotopic (exact) mass is 314 g/mol. The quantitative estimate of drug-likeness (QED) is 0.930. The van der Waals surface area contributed by atoms with E-state index in [4.69, 9.17) is 0 Å². The lowest BCUT2D eigenvalue weighted by Crippen LogP contribution is -2.39. The first-order valence-corrected chi connectivity index (χ1v) is 6.93. The molecular formula is C13H16BrFN2O. The second-order valence-corrected chi connectivity index (χ2v) is 5.33. The van der Waals surface area contributed by atoms with Crippen molar-refractivity contribution in [2.45, 2.75) is 19.3 Å². The van der Waals surface area contributed by atoms with Crippen molar-refractivity contribution in [3.05, 3.63) is 28.5 Å². The highest BCUT2D eigenvalue weighted by molar-refractivity contribution is 9.10. The number of hydrogen-bond acceptors (Lipinski definition) is 2. The lowest BCUT2D eigenvalue weighted by Gasteiger charge is -2.26. The van der Waals surface area contributed by atoms with Gasteiger partial charge in [0.1, 0.15) is 5.82 Å². The van der Waals surface area contributed by atoms with Gasteiger partial charge in [0.05, 0.1) is 12.2 Å². The molecule has 1 fully saturated rings. The lowest BCUT2D eigenvalue weighted by molar-refractivity contribution is -0.130. The number of benzene rings is 1. The number of likely N-dealkylation sites (tertiary alicyclic amines) is 1. The van der Waals surface area contributed by atoms with Gasteiger partial charge in [0.2, 0.25) is 5.91 Å². The number of carbonyl (C=O) groups excluding carboxylic acids is 1. The van der Waals surface area contributed by atoms with Crippen molar-refractivity contribution in [3.63, 3.8) is 0 Å². The van der Waals surface area contributed by atoms with Crippen molar-refractivity contribution in [1.29, 1.82) is 0 Å². The lowest BCUT2D eigenvalue weighted by atomic mass is 10.1. The predicted octanol–water partition coefficient (Wildman–Crippen LogP) is 3.01. The topological polar surface area (TPSA) is 32.3 Å². The van der Waals surface area contributed by atoms with Crippen molar-refractivity contribution in [1.82, 2.24) is 4.90 Å². The van der Waals surface area contributed by atoms with E-state index in [0.29, 0.717) is 5.69 Å². The van der Waals surface area contributed by atoms with Crippen molar-refractivity contribution in [2.24, 2.45) is 0 Å². The SMILES string of the molecule is O=C(CNc1cc(Br)ccc1F)N1CCCCC1. The van der Waals surface area contributed by atoms with Gasteiger partial charge in [0, 0.05) is 17.6 Å². The zero-order valence-corrected chi connectivity index (χ0v) is 11.7. The normalized spacial score (nSPS) is 15.6. The van der Waals surface area contributed by atoms with E-state index in [2.05, 4.69) is 21.2 Å². The van der Waals surface area contributed by atoms with Gasteiger partial charge in [0.15, 0.2) is 0 Å². The third-order valence-corrected chi connectivity index (χ3v) is 3.56. The van der Waals surface area contributed by atoms with Crippen LogP contribution in [0.15, 0.2) is 22.7 Å². The summed E-state index contributed by atoms with van der Waals surface area (Å²) in [4.78, 5) is 13.7. The van der Waals surface area contributed by atoms with Gasteiger partial charge in [-0.3, -0.25) is 4.79 Å². The molecule has 98 valence electrons. The highest BCUT2D eigenvalue weighted by Crippen LogP contribution is 2.20. The van der Waals surface area contributed by atoms with Crippen LogP contribution < -0.4 is 5.32 Å². The molecule has 18 heavy (non-hydrogen) atoms. The van der Waals surface area contributed by atoms with Crippen molar-refractivity contribution in [2.75, 3.05) is 25.0 Å². The number of nitrogens with one attached hydrogen (secondary N) is 1. The number of anilines is 1. The van der Waals surface area contributed by atoms with Gasteiger partial charge < -0.3 is 10.2 Å². The molecule has 1 saturated heterocycles. The number of carbonyl (C=O) groups is 1. The van der Waals surface area contributed by atoms with E-state index in [1.54, 1.807) is 12.1 Å². The Balaban J connectivity index is 1.90. The predicted molar refractivity (Wildman–Crippen MR) is 73.0 cm³/mol. The van der Waals surface area contributed by atoms with Gasteiger partial charge in [0.25, 0.3) is 0 Å². The summed E-state index contributed by atoms with van der Waals surface area (Å²) < 4.78 is 14.2. The third kappa shape index (κ3) is 3.45. The summed E-state index contributed by atoms with van der Waals surface area (Å²) in [5.41, 5.74) is 0.356. The van der Waals surface area contributed by atoms with Gasteiger partial charge in [-0.1, -0.05) is 15.9 Å². The molecule has 0 atom stereocenters. The second kappa shape index (κ2) is 6.18. The second-order valence-electron chi connectivity index (χ2n) is 4.42. The zero-order valence-electron chi connectivity index (χ0n) is 10.1. The molecule has 0 unspecified atom stereocenters. The summed E-state index contributed by atoms with van der Waals surface area (Å²) in [6.07, 6.45) is 3.32. The minimum absolute atomic E-state index is 0.0362. The van der Waals surface area contributed by atoms with Crippen molar-refractivity contribution < 1.29 is 9.18 Å². The fourth-order valence-corrected chi connectivity index (χ4v) is 2.42. The Morgan fingerprint density at radius 1 is 1.33 bits per heavy atom. The Hall–Kier alpha value is -1.10. The van der Waals surface area contributed by atoms with Crippen LogP contribution >= 0.6 is 15.9 Å². The number of halogens is 2. The van der Waals surface area contributed by atoms with E-state index in [0.717, 1.165) is 30.4 Å². The summed E-state index contributed by atoms with van der Waals surface area (Å²) >= 11 is 3.28. The van der Waals surface area contributed by atoms with E-state index >= 15 is 0 Å². The maximum absolute atomic E-state index is 13.5. The number of nitrogens with zero attached hydrogens (tertiary/aromatic N) is 1. The van der Waals surface area contributed by atoms with E-state index in [1.165, 1.54) is 12.5 Å². The summed E-state index contributed by atoms with van der Waals surface area (Å²) in [6, 6.07) is 4.64. The fraction of sp³-hybridized carbons (Fsp3) is 0.462. The maximum Gasteiger partial charge on any atom is 0.241 e. The first-order chi connectivity index (χ1) is 8.66. The molecule has 0 aromatic heterocycles. The smallest absolute Gasteiger partial charge is 0.241 e. The molecule has 0 aliphatic carbocycles. The average Bonchev–Trinajstić information content (AvgIpc) is 2.40. The number of amides is 1. The molecule has 0 spiro atoms. The standard InChI is InChI=1S/C13H16BrFN2O/c14-10-4-5-11(15)12(8-10)16-9-13(18)17-6-2-1-3-7-17/h4-5,8,16H,1-3,6-7,9H2. The highest BCUT2D eigenvalue weighted by Gasteiger charge is 2.16. The Kier molecular flexibility index (Phi) is 4.58. The van der Waals surface area contributed by atoms with Crippen molar-refractivity contribution in [3.8, 4) is 0 Å². The Bertz CT molecular complexity index is 433. The van der Waals surface area contributed by atoms with Gasteiger partial charge in [-0.25, -0.2) is 4.39 Å². The summed E-state index contributed by atoms with van der Waals surface area (Å²) in [5, 5.41) is 2.85. The van der Waals surface area contributed by atoms with Gasteiger partial charge in [-0.05, 0) is 37.5 Å². The van der Waals surface area contributed by atoms with Gasteiger partial charge >= 0.3 is 0 Å². The molecule has 1 aromatic rings. The Labute approximate surface area is 114 Å². The number of piperidine rings is 1. The highest BCUT2D eigenvalue weighted by atomic mass is 79.9.